The van der Waals surface area contributed by atoms with Crippen molar-refractivity contribution in [1.29, 1.82) is 0 Å². The number of rotatable bonds is 7. The van der Waals surface area contributed by atoms with Crippen LogP contribution < -0.4 is 24.8 Å². The molecule has 5 rings (SSSR count). The van der Waals surface area contributed by atoms with Gasteiger partial charge in [0, 0.05) is 24.7 Å². The molecule has 33 heavy (non-hydrogen) atoms. The van der Waals surface area contributed by atoms with Crippen molar-refractivity contribution >= 4 is 23.5 Å². The van der Waals surface area contributed by atoms with Gasteiger partial charge in [-0.25, -0.2) is 4.79 Å². The minimum absolute atomic E-state index is 0.0349. The first-order valence-corrected chi connectivity index (χ1v) is 11.1. The molecule has 2 aliphatic heterocycles. The summed E-state index contributed by atoms with van der Waals surface area (Å²) in [4.78, 5) is 38.6. The van der Waals surface area contributed by atoms with Crippen molar-refractivity contribution in [1.82, 2.24) is 10.2 Å². The molecular weight excluding hydrogens is 426 g/mol. The van der Waals surface area contributed by atoms with Crippen LogP contribution in [0, 0.1) is 0 Å². The smallest absolute Gasteiger partial charge is 0.325 e. The van der Waals surface area contributed by atoms with Crippen molar-refractivity contribution in [2.45, 2.75) is 44.2 Å². The van der Waals surface area contributed by atoms with E-state index in [4.69, 9.17) is 14.2 Å². The molecule has 1 saturated heterocycles. The molecular formula is C24H25N3O6. The number of urea groups is 1. The summed E-state index contributed by atoms with van der Waals surface area (Å²) in [6.07, 6.45) is 3.22. The quantitative estimate of drug-likeness (QED) is 0.627. The lowest BCUT2D eigenvalue weighted by Gasteiger charge is -2.19. The molecule has 4 amide bonds. The summed E-state index contributed by atoms with van der Waals surface area (Å²) in [5.74, 6) is 1.52. The fourth-order valence-corrected chi connectivity index (χ4v) is 4.51. The molecule has 9 nitrogen and oxygen atoms in total. The van der Waals surface area contributed by atoms with Gasteiger partial charge in [-0.3, -0.25) is 14.5 Å². The molecule has 0 radical (unpaired) electrons. The predicted octanol–water partition coefficient (Wildman–Crippen LogP) is 3.19. The highest BCUT2D eigenvalue weighted by atomic mass is 16.7. The average molecular weight is 451 g/mol. The summed E-state index contributed by atoms with van der Waals surface area (Å²) >= 11 is 0. The van der Waals surface area contributed by atoms with E-state index in [2.05, 4.69) is 10.6 Å². The summed E-state index contributed by atoms with van der Waals surface area (Å²) in [5.41, 5.74) is 0.749. The van der Waals surface area contributed by atoms with Gasteiger partial charge in [0.1, 0.15) is 17.9 Å². The Hall–Kier alpha value is -3.75. The first-order chi connectivity index (χ1) is 16.0. The van der Waals surface area contributed by atoms with E-state index in [1.54, 1.807) is 18.2 Å². The zero-order valence-electron chi connectivity index (χ0n) is 18.1. The predicted molar refractivity (Wildman–Crippen MR) is 118 cm³/mol. The molecule has 0 atom stereocenters. The van der Waals surface area contributed by atoms with Crippen molar-refractivity contribution < 1.29 is 28.6 Å². The van der Waals surface area contributed by atoms with E-state index < -0.39 is 11.6 Å². The van der Waals surface area contributed by atoms with Crippen LogP contribution in [0.2, 0.25) is 0 Å². The Bertz CT molecular complexity index is 1100. The number of hydrogen-bond acceptors (Lipinski definition) is 6. The molecule has 2 aromatic rings. The molecule has 1 spiro atoms. The maximum absolute atomic E-state index is 12.7. The standard InChI is InChI=1S/C24H25N3O6/c28-21(8-11-27-22(29)24(26-23(27)30)9-1-2-10-24)25-17-5-3-4-16(12-17)14-31-18-6-7-19-20(13-18)33-15-32-19/h3-7,12-13H,1-2,8-11,14-15H2,(H,25,28)(H,26,30). The molecule has 172 valence electrons. The van der Waals surface area contributed by atoms with Crippen LogP contribution >= 0.6 is 0 Å². The first kappa shape index (κ1) is 21.1. The number of ether oxygens (including phenoxy) is 3. The van der Waals surface area contributed by atoms with Gasteiger partial charge in [0.15, 0.2) is 11.5 Å². The summed E-state index contributed by atoms with van der Waals surface area (Å²) in [5, 5.41) is 5.66. The fourth-order valence-electron chi connectivity index (χ4n) is 4.51. The van der Waals surface area contributed by atoms with Crippen molar-refractivity contribution in [2.75, 3.05) is 18.7 Å². The van der Waals surface area contributed by atoms with Crippen molar-refractivity contribution in [3.8, 4) is 17.2 Å². The van der Waals surface area contributed by atoms with Crippen molar-refractivity contribution in [3.63, 3.8) is 0 Å². The Morgan fingerprint density at radius 3 is 2.76 bits per heavy atom. The zero-order chi connectivity index (χ0) is 22.8. The molecule has 1 saturated carbocycles. The van der Waals surface area contributed by atoms with E-state index in [-0.39, 0.29) is 31.6 Å². The minimum atomic E-state index is -0.750. The molecule has 2 aromatic carbocycles. The van der Waals surface area contributed by atoms with Crippen LogP contribution in [0.4, 0.5) is 10.5 Å². The average Bonchev–Trinajstić information content (AvgIpc) is 3.52. The van der Waals surface area contributed by atoms with Crippen LogP contribution in [-0.4, -0.2) is 41.6 Å². The lowest BCUT2D eigenvalue weighted by atomic mass is 9.98. The van der Waals surface area contributed by atoms with Crippen LogP contribution in [-0.2, 0) is 16.2 Å². The summed E-state index contributed by atoms with van der Waals surface area (Å²) in [7, 11) is 0. The Morgan fingerprint density at radius 1 is 1.09 bits per heavy atom. The van der Waals surface area contributed by atoms with Gasteiger partial charge in [0.25, 0.3) is 5.91 Å². The Balaban J connectivity index is 1.13. The second-order valence-corrected chi connectivity index (χ2v) is 8.48. The summed E-state index contributed by atoms with van der Waals surface area (Å²) in [6, 6.07) is 12.3. The second-order valence-electron chi connectivity index (χ2n) is 8.48. The third-order valence-corrected chi connectivity index (χ3v) is 6.23. The van der Waals surface area contributed by atoms with Gasteiger partial charge in [0.2, 0.25) is 12.7 Å². The maximum Gasteiger partial charge on any atom is 0.325 e. The number of fused-ring (bicyclic) bond motifs is 1. The number of benzene rings is 2. The third-order valence-electron chi connectivity index (χ3n) is 6.23. The second kappa shape index (κ2) is 8.65. The fraction of sp³-hybridized carbons (Fsp3) is 0.375. The highest BCUT2D eigenvalue weighted by Gasteiger charge is 2.52. The third kappa shape index (κ3) is 4.30. The molecule has 2 N–H and O–H groups in total. The van der Waals surface area contributed by atoms with Crippen LogP contribution in [0.25, 0.3) is 0 Å². The van der Waals surface area contributed by atoms with E-state index in [0.29, 0.717) is 42.4 Å². The van der Waals surface area contributed by atoms with E-state index in [0.717, 1.165) is 18.4 Å². The number of carbonyl (C=O) groups excluding carboxylic acids is 3. The number of anilines is 1. The number of carbonyl (C=O) groups is 3. The summed E-state index contributed by atoms with van der Waals surface area (Å²) < 4.78 is 16.5. The van der Waals surface area contributed by atoms with E-state index in [1.165, 1.54) is 4.90 Å². The Labute approximate surface area is 191 Å². The molecule has 2 fully saturated rings. The topological polar surface area (TPSA) is 106 Å². The number of nitrogens with zero attached hydrogens (tertiary/aromatic N) is 1. The lowest BCUT2D eigenvalue weighted by Crippen LogP contribution is -2.44. The van der Waals surface area contributed by atoms with Gasteiger partial charge < -0.3 is 24.8 Å². The van der Waals surface area contributed by atoms with Crippen LogP contribution in [0.5, 0.6) is 17.2 Å². The van der Waals surface area contributed by atoms with Crippen LogP contribution in [0.1, 0.15) is 37.7 Å². The van der Waals surface area contributed by atoms with E-state index in [9.17, 15) is 14.4 Å². The molecule has 0 aromatic heterocycles. The zero-order valence-corrected chi connectivity index (χ0v) is 18.1. The maximum atomic E-state index is 12.7. The van der Waals surface area contributed by atoms with Crippen LogP contribution in [0.15, 0.2) is 42.5 Å². The normalized spacial score (nSPS) is 18.0. The molecule has 3 aliphatic rings. The monoisotopic (exact) mass is 451 g/mol. The Morgan fingerprint density at radius 2 is 1.91 bits per heavy atom. The summed E-state index contributed by atoms with van der Waals surface area (Å²) in [6.45, 7) is 0.580. The highest BCUT2D eigenvalue weighted by Crippen LogP contribution is 2.36. The number of hydrogen-bond donors (Lipinski definition) is 2. The number of nitrogens with one attached hydrogen (secondary N) is 2. The Kier molecular flexibility index (Phi) is 5.53. The van der Waals surface area contributed by atoms with Gasteiger partial charge in [0.05, 0.1) is 0 Å². The van der Waals surface area contributed by atoms with Crippen molar-refractivity contribution in [3.05, 3.63) is 48.0 Å². The van der Waals surface area contributed by atoms with Gasteiger partial charge >= 0.3 is 6.03 Å². The number of imide groups is 1. The van der Waals surface area contributed by atoms with E-state index >= 15 is 0 Å². The highest BCUT2D eigenvalue weighted by molar-refractivity contribution is 6.07. The molecule has 0 unspecified atom stereocenters. The molecule has 9 heteroatoms. The largest absolute Gasteiger partial charge is 0.489 e. The van der Waals surface area contributed by atoms with Gasteiger partial charge in [-0.1, -0.05) is 25.0 Å². The molecule has 0 bridgehead atoms. The van der Waals surface area contributed by atoms with Gasteiger partial charge in [-0.2, -0.15) is 0 Å². The first-order valence-electron chi connectivity index (χ1n) is 11.1. The SMILES string of the molecule is O=C(CCN1C(=O)NC2(CCCC2)C1=O)Nc1cccc(COc2ccc3c(c2)OCO3)c1. The molecule has 1 aliphatic carbocycles. The van der Waals surface area contributed by atoms with Crippen LogP contribution in [0.3, 0.4) is 0 Å². The molecule has 2 heterocycles. The minimum Gasteiger partial charge on any atom is -0.489 e. The number of amides is 4. The lowest BCUT2D eigenvalue weighted by molar-refractivity contribution is -0.131. The van der Waals surface area contributed by atoms with E-state index in [1.807, 2.05) is 24.3 Å². The van der Waals surface area contributed by atoms with Crippen molar-refractivity contribution in [2.24, 2.45) is 0 Å². The van der Waals surface area contributed by atoms with Gasteiger partial charge in [-0.15, -0.1) is 0 Å². The van der Waals surface area contributed by atoms with Gasteiger partial charge in [-0.05, 0) is 42.7 Å².